The molecule has 1 heterocycles. The van der Waals surface area contributed by atoms with Crippen molar-refractivity contribution in [2.45, 2.75) is 38.8 Å². The topological polar surface area (TPSA) is 30.5 Å². The molecule has 1 unspecified atom stereocenters. The number of rotatable bonds is 7. The smallest absolute Gasteiger partial charge is 0.133 e. The van der Waals surface area contributed by atoms with E-state index in [1.54, 1.807) is 0 Å². The van der Waals surface area contributed by atoms with E-state index in [1.165, 1.54) is 18.4 Å². The van der Waals surface area contributed by atoms with E-state index in [1.807, 2.05) is 6.07 Å². The van der Waals surface area contributed by atoms with E-state index >= 15 is 0 Å². The Kier molecular flexibility index (Phi) is 6.14. The van der Waals surface area contributed by atoms with Gasteiger partial charge in [0.25, 0.3) is 0 Å². The van der Waals surface area contributed by atoms with Gasteiger partial charge in [0.15, 0.2) is 0 Å². The molecule has 0 radical (unpaired) electrons. The molecule has 1 atom stereocenters. The molecular formula is C15H22BrNO2. The van der Waals surface area contributed by atoms with Gasteiger partial charge < -0.3 is 14.8 Å². The van der Waals surface area contributed by atoms with Crippen LogP contribution in [-0.2, 0) is 11.3 Å². The first-order valence-corrected chi connectivity index (χ1v) is 7.82. The maximum Gasteiger partial charge on any atom is 0.133 e. The van der Waals surface area contributed by atoms with Crippen LogP contribution >= 0.6 is 15.9 Å². The second-order valence-corrected chi connectivity index (χ2v) is 5.73. The molecule has 0 spiro atoms. The second-order valence-electron chi connectivity index (χ2n) is 4.88. The van der Waals surface area contributed by atoms with Crippen molar-refractivity contribution < 1.29 is 9.47 Å². The number of benzene rings is 1. The zero-order valence-electron chi connectivity index (χ0n) is 11.5. The van der Waals surface area contributed by atoms with Gasteiger partial charge in [-0.1, -0.05) is 13.0 Å². The van der Waals surface area contributed by atoms with Gasteiger partial charge in [0, 0.05) is 19.7 Å². The van der Waals surface area contributed by atoms with Crippen LogP contribution in [0.25, 0.3) is 0 Å². The SMILES string of the molecule is CCCOc1ccc(CNCC2CCCO2)cc1Br. The van der Waals surface area contributed by atoms with Crippen molar-refractivity contribution >= 4 is 15.9 Å². The molecule has 1 saturated heterocycles. The number of hydrogen-bond donors (Lipinski definition) is 1. The third-order valence-corrected chi connectivity index (χ3v) is 3.80. The lowest BCUT2D eigenvalue weighted by atomic mass is 10.2. The molecule has 4 heteroatoms. The highest BCUT2D eigenvalue weighted by molar-refractivity contribution is 9.10. The lowest BCUT2D eigenvalue weighted by molar-refractivity contribution is 0.110. The summed E-state index contributed by atoms with van der Waals surface area (Å²) in [4.78, 5) is 0. The molecule has 1 N–H and O–H groups in total. The zero-order valence-corrected chi connectivity index (χ0v) is 13.0. The quantitative estimate of drug-likeness (QED) is 0.831. The van der Waals surface area contributed by atoms with Gasteiger partial charge in [-0.05, 0) is 52.9 Å². The number of hydrogen-bond acceptors (Lipinski definition) is 3. The van der Waals surface area contributed by atoms with Crippen LogP contribution in [-0.4, -0.2) is 25.9 Å². The van der Waals surface area contributed by atoms with Crippen LogP contribution in [0.4, 0.5) is 0 Å². The van der Waals surface area contributed by atoms with Gasteiger partial charge in [-0.25, -0.2) is 0 Å². The number of halogens is 1. The molecule has 0 aliphatic carbocycles. The molecular weight excluding hydrogens is 306 g/mol. The average molecular weight is 328 g/mol. The second kappa shape index (κ2) is 7.88. The maximum absolute atomic E-state index is 5.64. The van der Waals surface area contributed by atoms with Crippen molar-refractivity contribution in [2.24, 2.45) is 0 Å². The van der Waals surface area contributed by atoms with Crippen molar-refractivity contribution in [2.75, 3.05) is 19.8 Å². The predicted molar refractivity (Wildman–Crippen MR) is 80.6 cm³/mol. The van der Waals surface area contributed by atoms with Gasteiger partial charge in [0.2, 0.25) is 0 Å². The first-order chi connectivity index (χ1) is 9.29. The number of nitrogens with one attached hydrogen (secondary N) is 1. The summed E-state index contributed by atoms with van der Waals surface area (Å²) in [7, 11) is 0. The summed E-state index contributed by atoms with van der Waals surface area (Å²) in [6.07, 6.45) is 3.80. The van der Waals surface area contributed by atoms with Gasteiger partial charge in [0.1, 0.15) is 5.75 Å². The largest absolute Gasteiger partial charge is 0.492 e. The fraction of sp³-hybridized carbons (Fsp3) is 0.600. The molecule has 1 aliphatic rings. The summed E-state index contributed by atoms with van der Waals surface area (Å²) in [6.45, 7) is 5.59. The van der Waals surface area contributed by atoms with E-state index in [-0.39, 0.29) is 0 Å². The molecule has 0 amide bonds. The monoisotopic (exact) mass is 327 g/mol. The number of ether oxygens (including phenoxy) is 2. The highest BCUT2D eigenvalue weighted by Crippen LogP contribution is 2.26. The first kappa shape index (κ1) is 14.8. The van der Waals surface area contributed by atoms with E-state index < -0.39 is 0 Å². The Morgan fingerprint density at radius 1 is 1.47 bits per heavy atom. The third kappa shape index (κ3) is 4.79. The fourth-order valence-electron chi connectivity index (χ4n) is 2.17. The van der Waals surface area contributed by atoms with Crippen molar-refractivity contribution in [3.63, 3.8) is 0 Å². The maximum atomic E-state index is 5.64. The highest BCUT2D eigenvalue weighted by Gasteiger charge is 2.14. The van der Waals surface area contributed by atoms with Gasteiger partial charge in [0.05, 0.1) is 17.2 Å². The van der Waals surface area contributed by atoms with Crippen molar-refractivity contribution in [1.82, 2.24) is 5.32 Å². The van der Waals surface area contributed by atoms with Crippen LogP contribution in [0.15, 0.2) is 22.7 Å². The van der Waals surface area contributed by atoms with E-state index in [0.29, 0.717) is 6.10 Å². The van der Waals surface area contributed by atoms with Crippen LogP contribution in [0.3, 0.4) is 0 Å². The van der Waals surface area contributed by atoms with Crippen molar-refractivity contribution in [3.8, 4) is 5.75 Å². The molecule has 0 aromatic heterocycles. The molecule has 3 nitrogen and oxygen atoms in total. The Morgan fingerprint density at radius 2 is 2.37 bits per heavy atom. The molecule has 1 aromatic carbocycles. The highest BCUT2D eigenvalue weighted by atomic mass is 79.9. The first-order valence-electron chi connectivity index (χ1n) is 7.03. The third-order valence-electron chi connectivity index (χ3n) is 3.18. The van der Waals surface area contributed by atoms with Crippen molar-refractivity contribution in [1.29, 1.82) is 0 Å². The summed E-state index contributed by atoms with van der Waals surface area (Å²) < 4.78 is 12.3. The Hall–Kier alpha value is -0.580. The molecule has 0 bridgehead atoms. The molecule has 1 aliphatic heterocycles. The van der Waals surface area contributed by atoms with Crippen LogP contribution in [0.2, 0.25) is 0 Å². The molecule has 19 heavy (non-hydrogen) atoms. The Balaban J connectivity index is 1.78. The summed E-state index contributed by atoms with van der Waals surface area (Å²) >= 11 is 3.56. The predicted octanol–water partition coefficient (Wildman–Crippen LogP) is 3.51. The molecule has 1 aromatic rings. The van der Waals surface area contributed by atoms with Crippen LogP contribution < -0.4 is 10.1 Å². The standard InChI is InChI=1S/C15H22BrNO2/c1-2-7-19-15-6-5-12(9-14(15)16)10-17-11-13-4-3-8-18-13/h5-6,9,13,17H,2-4,7-8,10-11H2,1H3. The van der Waals surface area contributed by atoms with E-state index in [4.69, 9.17) is 9.47 Å². The fourth-order valence-corrected chi connectivity index (χ4v) is 2.71. The minimum Gasteiger partial charge on any atom is -0.492 e. The summed E-state index contributed by atoms with van der Waals surface area (Å²) in [5, 5.41) is 3.45. The van der Waals surface area contributed by atoms with E-state index in [2.05, 4.69) is 40.3 Å². The Morgan fingerprint density at radius 3 is 3.05 bits per heavy atom. The lowest BCUT2D eigenvalue weighted by Gasteiger charge is -2.12. The molecule has 2 rings (SSSR count). The van der Waals surface area contributed by atoms with Crippen LogP contribution in [0.5, 0.6) is 5.75 Å². The van der Waals surface area contributed by atoms with Gasteiger partial charge >= 0.3 is 0 Å². The van der Waals surface area contributed by atoms with Gasteiger partial charge in [-0.3, -0.25) is 0 Å². The van der Waals surface area contributed by atoms with Gasteiger partial charge in [-0.15, -0.1) is 0 Å². The molecule has 0 saturated carbocycles. The van der Waals surface area contributed by atoms with Crippen molar-refractivity contribution in [3.05, 3.63) is 28.2 Å². The molecule has 106 valence electrons. The zero-order chi connectivity index (χ0) is 13.5. The van der Waals surface area contributed by atoms with E-state index in [9.17, 15) is 0 Å². The molecule has 1 fully saturated rings. The summed E-state index contributed by atoms with van der Waals surface area (Å²) in [5.74, 6) is 0.921. The minimum atomic E-state index is 0.399. The minimum absolute atomic E-state index is 0.399. The Bertz CT molecular complexity index is 392. The summed E-state index contributed by atoms with van der Waals surface area (Å²) in [5.41, 5.74) is 1.26. The van der Waals surface area contributed by atoms with Crippen LogP contribution in [0, 0.1) is 0 Å². The Labute approximate surface area is 123 Å². The normalized spacial score (nSPS) is 18.7. The van der Waals surface area contributed by atoms with Gasteiger partial charge in [-0.2, -0.15) is 0 Å². The average Bonchev–Trinajstić information content (AvgIpc) is 2.91. The summed E-state index contributed by atoms with van der Waals surface area (Å²) in [6, 6.07) is 6.26. The lowest BCUT2D eigenvalue weighted by Crippen LogP contribution is -2.25. The van der Waals surface area contributed by atoms with E-state index in [0.717, 1.165) is 42.9 Å². The van der Waals surface area contributed by atoms with Crippen LogP contribution in [0.1, 0.15) is 31.7 Å².